The lowest BCUT2D eigenvalue weighted by Crippen LogP contribution is -2.42. The van der Waals surface area contributed by atoms with Crippen molar-refractivity contribution in [2.45, 2.75) is 19.1 Å². The van der Waals surface area contributed by atoms with E-state index in [1.165, 1.54) is 5.56 Å². The van der Waals surface area contributed by atoms with Gasteiger partial charge in [0.05, 0.1) is 20.3 Å². The van der Waals surface area contributed by atoms with Crippen LogP contribution in [-0.4, -0.2) is 74.3 Å². The van der Waals surface area contributed by atoms with Crippen molar-refractivity contribution in [2.75, 3.05) is 53.1 Å². The fraction of sp³-hybridized carbons (Fsp3) is 0.478. The van der Waals surface area contributed by atoms with Gasteiger partial charge in [-0.05, 0) is 48.4 Å². The topological polar surface area (TPSA) is 83.4 Å². The van der Waals surface area contributed by atoms with Gasteiger partial charge in [-0.3, -0.25) is 4.90 Å². The number of hydrogen-bond donors (Lipinski definition) is 3. The molecule has 30 heavy (non-hydrogen) atoms. The molecule has 1 fully saturated rings. The van der Waals surface area contributed by atoms with Crippen molar-refractivity contribution in [3.05, 3.63) is 53.6 Å². The number of phenols is 1. The van der Waals surface area contributed by atoms with Crippen LogP contribution in [0.15, 0.2) is 42.5 Å². The van der Waals surface area contributed by atoms with Gasteiger partial charge < -0.3 is 29.7 Å². The van der Waals surface area contributed by atoms with Crippen LogP contribution in [0.5, 0.6) is 17.2 Å². The van der Waals surface area contributed by atoms with Crippen molar-refractivity contribution in [3.8, 4) is 17.2 Å². The van der Waals surface area contributed by atoms with Gasteiger partial charge in [0.15, 0.2) is 11.5 Å². The number of methoxy groups -OCH3 is 1. The molecule has 0 spiro atoms. The van der Waals surface area contributed by atoms with Crippen LogP contribution in [0.3, 0.4) is 0 Å². The maximum atomic E-state index is 10.3. The zero-order valence-corrected chi connectivity index (χ0v) is 17.5. The third-order valence-corrected chi connectivity index (χ3v) is 5.09. The summed E-state index contributed by atoms with van der Waals surface area (Å²) in [7, 11) is 1.62. The van der Waals surface area contributed by atoms with Crippen LogP contribution in [0, 0.1) is 0 Å². The predicted molar refractivity (Wildman–Crippen MR) is 115 cm³/mol. The zero-order chi connectivity index (χ0) is 21.2. The molecule has 0 unspecified atom stereocenters. The molecule has 2 aromatic rings. The lowest BCUT2D eigenvalue weighted by molar-refractivity contribution is 0.00445. The normalized spacial score (nSPS) is 15.7. The molecule has 3 rings (SSSR count). The third-order valence-electron chi connectivity index (χ3n) is 5.09. The minimum absolute atomic E-state index is 0.220. The molecule has 0 aliphatic carbocycles. The van der Waals surface area contributed by atoms with E-state index in [1.807, 2.05) is 30.3 Å². The summed E-state index contributed by atoms with van der Waals surface area (Å²) in [6, 6.07) is 13.1. The molecular formula is C23H32N2O5. The number of phenolic OH excluding ortho intramolecular Hbond substituents is 1. The highest BCUT2D eigenvalue weighted by Gasteiger charge is 2.16. The molecule has 0 amide bonds. The van der Waals surface area contributed by atoms with E-state index in [1.54, 1.807) is 19.2 Å². The SMILES string of the molecule is COc1cc(CNCCc2ccc(O)cc2)ccc1OC[C@@H](O)CN1CCOCC1. The summed E-state index contributed by atoms with van der Waals surface area (Å²) in [4.78, 5) is 2.18. The number of aromatic hydroxyl groups is 1. The molecule has 0 bridgehead atoms. The highest BCUT2D eigenvalue weighted by atomic mass is 16.5. The second kappa shape index (κ2) is 11.8. The molecule has 1 heterocycles. The van der Waals surface area contributed by atoms with Crippen LogP contribution in [0.25, 0.3) is 0 Å². The minimum Gasteiger partial charge on any atom is -0.508 e. The number of β-amino-alcohol motifs (C(OH)–C–C–N with tert-alkyl or cyclic N) is 1. The maximum absolute atomic E-state index is 10.3. The zero-order valence-electron chi connectivity index (χ0n) is 17.5. The molecule has 0 radical (unpaired) electrons. The Balaban J connectivity index is 1.42. The van der Waals surface area contributed by atoms with Crippen molar-refractivity contribution in [2.24, 2.45) is 0 Å². The largest absolute Gasteiger partial charge is 0.508 e. The van der Waals surface area contributed by atoms with Gasteiger partial charge in [0, 0.05) is 26.2 Å². The molecule has 2 aromatic carbocycles. The summed E-state index contributed by atoms with van der Waals surface area (Å²) in [6.45, 7) is 5.46. The van der Waals surface area contributed by atoms with E-state index >= 15 is 0 Å². The Kier molecular flexibility index (Phi) is 8.77. The molecule has 3 N–H and O–H groups in total. The number of nitrogens with zero attached hydrogens (tertiary/aromatic N) is 1. The molecule has 164 valence electrons. The first kappa shape index (κ1) is 22.4. The van der Waals surface area contributed by atoms with Crippen molar-refractivity contribution in [1.29, 1.82) is 0 Å². The smallest absolute Gasteiger partial charge is 0.161 e. The molecule has 0 saturated carbocycles. The van der Waals surface area contributed by atoms with Crippen LogP contribution >= 0.6 is 0 Å². The van der Waals surface area contributed by atoms with Crippen LogP contribution in [-0.2, 0) is 17.7 Å². The number of morpholine rings is 1. The van der Waals surface area contributed by atoms with Gasteiger partial charge in [-0.15, -0.1) is 0 Å². The minimum atomic E-state index is -0.561. The molecular weight excluding hydrogens is 384 g/mol. The third kappa shape index (κ3) is 7.18. The predicted octanol–water partition coefficient (Wildman–Crippen LogP) is 1.80. The highest BCUT2D eigenvalue weighted by Crippen LogP contribution is 2.28. The summed E-state index contributed by atoms with van der Waals surface area (Å²) in [6.07, 6.45) is 0.327. The number of aliphatic hydroxyl groups is 1. The number of aliphatic hydroxyl groups excluding tert-OH is 1. The van der Waals surface area contributed by atoms with Crippen molar-refractivity contribution < 1.29 is 24.4 Å². The van der Waals surface area contributed by atoms with E-state index in [-0.39, 0.29) is 12.4 Å². The quantitative estimate of drug-likeness (QED) is 0.482. The summed E-state index contributed by atoms with van der Waals surface area (Å²) in [5.74, 6) is 1.58. The Morgan fingerprint density at radius 3 is 2.53 bits per heavy atom. The fourth-order valence-corrected chi connectivity index (χ4v) is 3.39. The highest BCUT2D eigenvalue weighted by molar-refractivity contribution is 5.43. The Hall–Kier alpha value is -2.32. The average Bonchev–Trinajstić information content (AvgIpc) is 2.77. The molecule has 7 heteroatoms. The van der Waals surface area contributed by atoms with E-state index in [9.17, 15) is 10.2 Å². The van der Waals surface area contributed by atoms with Crippen LogP contribution in [0.4, 0.5) is 0 Å². The first-order chi connectivity index (χ1) is 14.6. The molecule has 1 atom stereocenters. The van der Waals surface area contributed by atoms with E-state index in [0.29, 0.717) is 37.8 Å². The van der Waals surface area contributed by atoms with E-state index in [4.69, 9.17) is 14.2 Å². The van der Waals surface area contributed by atoms with Crippen LogP contribution in [0.2, 0.25) is 0 Å². The van der Waals surface area contributed by atoms with Gasteiger partial charge in [0.25, 0.3) is 0 Å². The van der Waals surface area contributed by atoms with E-state index < -0.39 is 6.10 Å². The van der Waals surface area contributed by atoms with Crippen LogP contribution < -0.4 is 14.8 Å². The lowest BCUT2D eigenvalue weighted by atomic mass is 10.1. The van der Waals surface area contributed by atoms with Gasteiger partial charge >= 0.3 is 0 Å². The average molecular weight is 417 g/mol. The number of ether oxygens (including phenoxy) is 3. The lowest BCUT2D eigenvalue weighted by Gasteiger charge is -2.28. The Labute approximate surface area is 178 Å². The molecule has 7 nitrogen and oxygen atoms in total. The maximum Gasteiger partial charge on any atom is 0.161 e. The van der Waals surface area contributed by atoms with Gasteiger partial charge in [-0.25, -0.2) is 0 Å². The van der Waals surface area contributed by atoms with Crippen molar-refractivity contribution in [1.82, 2.24) is 10.2 Å². The summed E-state index contributed by atoms with van der Waals surface area (Å²) < 4.78 is 16.6. The Morgan fingerprint density at radius 2 is 1.80 bits per heavy atom. The second-order valence-electron chi connectivity index (χ2n) is 7.46. The van der Waals surface area contributed by atoms with Crippen LogP contribution in [0.1, 0.15) is 11.1 Å². The Morgan fingerprint density at radius 1 is 1.07 bits per heavy atom. The van der Waals surface area contributed by atoms with E-state index in [2.05, 4.69) is 10.2 Å². The number of rotatable bonds is 11. The van der Waals surface area contributed by atoms with Crippen molar-refractivity contribution in [3.63, 3.8) is 0 Å². The summed E-state index contributed by atoms with van der Waals surface area (Å²) in [5, 5.41) is 23.0. The molecule has 1 aliphatic rings. The molecule has 1 aliphatic heterocycles. The first-order valence-corrected chi connectivity index (χ1v) is 10.4. The summed E-state index contributed by atoms with van der Waals surface area (Å²) in [5.41, 5.74) is 2.27. The number of nitrogens with one attached hydrogen (secondary N) is 1. The summed E-state index contributed by atoms with van der Waals surface area (Å²) >= 11 is 0. The number of benzene rings is 2. The van der Waals surface area contributed by atoms with Crippen molar-refractivity contribution >= 4 is 0 Å². The molecule has 0 aromatic heterocycles. The standard InChI is InChI=1S/C23H32N2O5/c1-28-23-14-19(15-24-9-8-18-2-5-20(26)6-3-18)4-7-22(23)30-17-21(27)16-25-10-12-29-13-11-25/h2-7,14,21,24,26-27H,8-13,15-17H2,1H3/t21-/m0/s1. The number of hydrogen-bond acceptors (Lipinski definition) is 7. The van der Waals surface area contributed by atoms with Gasteiger partial charge in [0.1, 0.15) is 18.5 Å². The van der Waals surface area contributed by atoms with Gasteiger partial charge in [0.2, 0.25) is 0 Å². The van der Waals surface area contributed by atoms with Gasteiger partial charge in [-0.2, -0.15) is 0 Å². The van der Waals surface area contributed by atoms with E-state index in [0.717, 1.165) is 31.6 Å². The van der Waals surface area contributed by atoms with Gasteiger partial charge in [-0.1, -0.05) is 18.2 Å². The monoisotopic (exact) mass is 416 g/mol. The first-order valence-electron chi connectivity index (χ1n) is 10.4. The fourth-order valence-electron chi connectivity index (χ4n) is 3.39. The Bertz CT molecular complexity index is 763. The molecule has 1 saturated heterocycles. The second-order valence-corrected chi connectivity index (χ2v) is 7.46.